The average Bonchev–Trinajstić information content (AvgIpc) is 3.20. The zero-order valence-corrected chi connectivity index (χ0v) is 15.7. The predicted molar refractivity (Wildman–Crippen MR) is 107 cm³/mol. The van der Waals surface area contributed by atoms with Crippen LogP contribution >= 0.6 is 11.3 Å². The summed E-state index contributed by atoms with van der Waals surface area (Å²) >= 11 is 1.73. The average molecular weight is 378 g/mol. The maximum atomic E-state index is 12.1. The highest BCUT2D eigenvalue weighted by Crippen LogP contribution is 2.27. The van der Waals surface area contributed by atoms with Gasteiger partial charge in [0.05, 0.1) is 4.88 Å². The van der Waals surface area contributed by atoms with Crippen molar-refractivity contribution in [2.45, 2.75) is 19.5 Å². The van der Waals surface area contributed by atoms with Crippen molar-refractivity contribution in [3.8, 4) is 5.75 Å². The highest BCUT2D eigenvalue weighted by Gasteiger charge is 2.20. The predicted octanol–water partition coefficient (Wildman–Crippen LogP) is 3.72. The topological polar surface area (TPSA) is 67.1 Å². The van der Waals surface area contributed by atoms with Crippen molar-refractivity contribution >= 4 is 22.3 Å². The maximum absolute atomic E-state index is 12.1. The molecule has 0 saturated heterocycles. The van der Waals surface area contributed by atoms with Crippen LogP contribution in [0, 0.1) is 6.92 Å². The summed E-state index contributed by atoms with van der Waals surface area (Å²) in [6.07, 6.45) is 0. The van der Waals surface area contributed by atoms with Gasteiger partial charge in [-0.05, 0) is 30.5 Å². The summed E-state index contributed by atoms with van der Waals surface area (Å²) in [7, 11) is 0. The Hall–Kier alpha value is -2.89. The van der Waals surface area contributed by atoms with E-state index in [1.807, 2.05) is 24.3 Å². The largest absolute Gasteiger partial charge is 0.508 e. The molecule has 0 aliphatic heterocycles. The van der Waals surface area contributed by atoms with Crippen molar-refractivity contribution in [1.82, 2.24) is 0 Å². The van der Waals surface area contributed by atoms with Crippen LogP contribution < -0.4 is 10.9 Å². The van der Waals surface area contributed by atoms with Crippen LogP contribution in [-0.4, -0.2) is 5.11 Å². The number of hydrogen-bond donors (Lipinski definition) is 2. The van der Waals surface area contributed by atoms with Gasteiger partial charge in [0.15, 0.2) is 0 Å². The second kappa shape index (κ2) is 7.39. The second-order valence-electron chi connectivity index (χ2n) is 6.52. The molecule has 2 heterocycles. The van der Waals surface area contributed by atoms with Gasteiger partial charge in [0.1, 0.15) is 23.9 Å². The van der Waals surface area contributed by atoms with Crippen LogP contribution in [0.1, 0.15) is 27.6 Å². The summed E-state index contributed by atoms with van der Waals surface area (Å²) in [4.78, 5) is 13.3. The number of phenolic OH excluding ortho intramolecular Hbond substituents is 1. The van der Waals surface area contributed by atoms with E-state index in [2.05, 4.69) is 35.0 Å². The highest BCUT2D eigenvalue weighted by molar-refractivity contribution is 7.10. The number of benzene rings is 2. The summed E-state index contributed by atoms with van der Waals surface area (Å²) in [5, 5.41) is 15.1. The van der Waals surface area contributed by atoms with Crippen LogP contribution in [0.3, 0.4) is 0 Å². The fourth-order valence-corrected chi connectivity index (χ4v) is 4.22. The van der Waals surface area contributed by atoms with Crippen molar-refractivity contribution < 1.29 is 14.8 Å². The first kappa shape index (κ1) is 17.5. The molecule has 0 aliphatic rings. The van der Waals surface area contributed by atoms with Crippen molar-refractivity contribution in [2.75, 3.05) is 0 Å². The van der Waals surface area contributed by atoms with E-state index in [-0.39, 0.29) is 11.8 Å². The molecule has 0 unspecified atom stereocenters. The molecule has 0 amide bonds. The summed E-state index contributed by atoms with van der Waals surface area (Å²) in [5.41, 5.74) is 2.78. The van der Waals surface area contributed by atoms with E-state index in [4.69, 9.17) is 4.42 Å². The Morgan fingerprint density at radius 1 is 1.11 bits per heavy atom. The van der Waals surface area contributed by atoms with Gasteiger partial charge < -0.3 is 14.8 Å². The molecule has 4 rings (SSSR count). The molecule has 0 bridgehead atoms. The van der Waals surface area contributed by atoms with Gasteiger partial charge in [-0.1, -0.05) is 36.4 Å². The Bertz CT molecular complexity index is 1120. The fraction of sp³-hybridized carbons (Fsp3) is 0.136. The van der Waals surface area contributed by atoms with E-state index >= 15 is 0 Å². The van der Waals surface area contributed by atoms with Crippen molar-refractivity contribution in [3.05, 3.63) is 98.0 Å². The molecule has 0 radical (unpaired) electrons. The van der Waals surface area contributed by atoms with Crippen LogP contribution in [0.25, 0.3) is 11.0 Å². The van der Waals surface area contributed by atoms with Crippen LogP contribution in [0.15, 0.2) is 75.3 Å². The Balaban J connectivity index is 1.71. The first-order valence-electron chi connectivity index (χ1n) is 8.80. The molecule has 0 spiro atoms. The minimum atomic E-state index is -0.396. The molecule has 2 aromatic heterocycles. The van der Waals surface area contributed by atoms with Gasteiger partial charge in [0.2, 0.25) is 0 Å². The van der Waals surface area contributed by atoms with Crippen LogP contribution in [-0.2, 0) is 6.54 Å². The number of aryl methyl sites for hydroxylation is 1. The molecule has 4 nitrogen and oxygen atoms in total. The Kier molecular flexibility index (Phi) is 4.79. The molecular formula is C22H20NO3S+. The zero-order chi connectivity index (χ0) is 18.8. The van der Waals surface area contributed by atoms with Gasteiger partial charge in [-0.15, -0.1) is 11.3 Å². The summed E-state index contributed by atoms with van der Waals surface area (Å²) in [6, 6.07) is 19.7. The number of hydrogen-bond acceptors (Lipinski definition) is 4. The molecule has 0 fully saturated rings. The van der Waals surface area contributed by atoms with Gasteiger partial charge in [0, 0.05) is 28.1 Å². The smallest absolute Gasteiger partial charge is 0.336 e. The fourth-order valence-electron chi connectivity index (χ4n) is 3.37. The lowest BCUT2D eigenvalue weighted by atomic mass is 10.0. The van der Waals surface area contributed by atoms with Gasteiger partial charge in [0.25, 0.3) is 0 Å². The monoisotopic (exact) mass is 378 g/mol. The van der Waals surface area contributed by atoms with Crippen LogP contribution in [0.2, 0.25) is 0 Å². The van der Waals surface area contributed by atoms with Crippen molar-refractivity contribution in [1.29, 1.82) is 0 Å². The lowest BCUT2D eigenvalue weighted by molar-refractivity contribution is -0.701. The molecule has 1 atom stereocenters. The molecule has 0 aliphatic carbocycles. The van der Waals surface area contributed by atoms with Crippen LogP contribution in [0.5, 0.6) is 5.75 Å². The minimum absolute atomic E-state index is 0.132. The quantitative estimate of drug-likeness (QED) is 0.520. The van der Waals surface area contributed by atoms with E-state index < -0.39 is 5.63 Å². The first-order valence-corrected chi connectivity index (χ1v) is 9.68. The number of fused-ring (bicyclic) bond motifs is 1. The molecule has 2 aromatic carbocycles. The maximum Gasteiger partial charge on any atom is 0.336 e. The lowest BCUT2D eigenvalue weighted by Crippen LogP contribution is -2.83. The van der Waals surface area contributed by atoms with Crippen LogP contribution in [0.4, 0.5) is 0 Å². The molecule has 5 heteroatoms. The molecule has 136 valence electrons. The van der Waals surface area contributed by atoms with Gasteiger partial charge in [-0.25, -0.2) is 4.79 Å². The van der Waals surface area contributed by atoms with Gasteiger partial charge >= 0.3 is 5.63 Å². The number of quaternary nitrogens is 1. The third kappa shape index (κ3) is 3.52. The number of phenols is 1. The van der Waals surface area contributed by atoms with Gasteiger partial charge in [-0.3, -0.25) is 0 Å². The van der Waals surface area contributed by atoms with Crippen molar-refractivity contribution in [3.63, 3.8) is 0 Å². The molecule has 27 heavy (non-hydrogen) atoms. The zero-order valence-electron chi connectivity index (χ0n) is 14.9. The number of aromatic hydroxyl groups is 1. The highest BCUT2D eigenvalue weighted by atomic mass is 32.1. The molecular weight excluding hydrogens is 358 g/mol. The lowest BCUT2D eigenvalue weighted by Gasteiger charge is -2.15. The SMILES string of the molecule is Cc1c(O)ccc2c(C[NH2+][C@H](c3ccccc3)c3cccs3)cc(=O)oc12. The van der Waals surface area contributed by atoms with Gasteiger partial charge in [-0.2, -0.15) is 0 Å². The van der Waals surface area contributed by atoms with E-state index in [9.17, 15) is 9.90 Å². The molecule has 0 saturated carbocycles. The third-order valence-electron chi connectivity index (χ3n) is 4.80. The van der Waals surface area contributed by atoms with E-state index in [1.165, 1.54) is 10.4 Å². The Labute approximate surface area is 160 Å². The summed E-state index contributed by atoms with van der Waals surface area (Å²) in [5.74, 6) is 0.132. The summed E-state index contributed by atoms with van der Waals surface area (Å²) in [6.45, 7) is 2.39. The first-order chi connectivity index (χ1) is 13.1. The Morgan fingerprint density at radius 3 is 2.67 bits per heavy atom. The number of nitrogens with two attached hydrogens (primary N) is 1. The Morgan fingerprint density at radius 2 is 1.93 bits per heavy atom. The van der Waals surface area contributed by atoms with E-state index in [1.54, 1.807) is 30.4 Å². The normalized spacial score (nSPS) is 12.3. The number of rotatable bonds is 5. The molecule has 4 aromatic rings. The standard InChI is InChI=1S/C22H19NO3S/c1-14-18(24)10-9-17-16(12-20(25)26-22(14)17)13-23-21(19-8-5-11-27-19)15-6-3-2-4-7-15/h2-12,21,23-24H,13H2,1H3/p+1/t21-/m1/s1. The molecule has 3 N–H and O–H groups in total. The summed E-state index contributed by atoms with van der Waals surface area (Å²) < 4.78 is 5.35. The number of thiophene rings is 1. The van der Waals surface area contributed by atoms with E-state index in [0.717, 1.165) is 10.9 Å². The van der Waals surface area contributed by atoms with Crippen molar-refractivity contribution in [2.24, 2.45) is 0 Å². The second-order valence-corrected chi connectivity index (χ2v) is 7.50. The minimum Gasteiger partial charge on any atom is -0.508 e. The van der Waals surface area contributed by atoms with E-state index in [0.29, 0.717) is 17.7 Å². The third-order valence-corrected chi connectivity index (χ3v) is 5.76.